The van der Waals surface area contributed by atoms with E-state index in [2.05, 4.69) is 4.90 Å². The number of benzene rings is 3. The topological polar surface area (TPSA) is 51.2 Å². The van der Waals surface area contributed by atoms with Crippen LogP contribution >= 0.6 is 11.6 Å². The second-order valence-corrected chi connectivity index (χ2v) is 8.89. The summed E-state index contributed by atoms with van der Waals surface area (Å²) < 4.78 is 17.5. The Balaban J connectivity index is 1.31. The van der Waals surface area contributed by atoms with E-state index >= 15 is 0 Å². The van der Waals surface area contributed by atoms with Crippen LogP contribution in [0, 0.1) is 0 Å². The highest BCUT2D eigenvalue weighted by Gasteiger charge is 2.28. The molecule has 3 aromatic carbocycles. The van der Waals surface area contributed by atoms with Crippen LogP contribution in [0.25, 0.3) is 11.1 Å². The highest BCUT2D eigenvalue weighted by atomic mass is 35.5. The summed E-state index contributed by atoms with van der Waals surface area (Å²) in [5, 5.41) is 0.683. The van der Waals surface area contributed by atoms with Crippen molar-refractivity contribution in [3.05, 3.63) is 71.2 Å². The first kappa shape index (κ1) is 22.6. The van der Waals surface area contributed by atoms with Gasteiger partial charge in [-0.3, -0.25) is 14.6 Å². The molecule has 7 heteroatoms. The fourth-order valence-electron chi connectivity index (χ4n) is 4.40. The third kappa shape index (κ3) is 4.69. The molecule has 0 atom stereocenters. The quantitative estimate of drug-likeness (QED) is 0.449. The molecule has 2 aliphatic heterocycles. The van der Waals surface area contributed by atoms with Gasteiger partial charge < -0.3 is 14.2 Å². The van der Waals surface area contributed by atoms with E-state index in [-0.39, 0.29) is 12.6 Å². The number of amides is 1. The van der Waals surface area contributed by atoms with Gasteiger partial charge in [-0.2, -0.15) is 0 Å². The highest BCUT2D eigenvalue weighted by molar-refractivity contribution is 6.30. The summed E-state index contributed by atoms with van der Waals surface area (Å²) in [5.74, 6) is 1.72. The minimum atomic E-state index is -0.117. The van der Waals surface area contributed by atoms with Crippen molar-refractivity contribution in [2.24, 2.45) is 0 Å². The molecular formula is C27H27ClN2O4. The largest absolute Gasteiger partial charge is 0.493 e. The molecule has 0 saturated carbocycles. The predicted molar refractivity (Wildman–Crippen MR) is 133 cm³/mol. The van der Waals surface area contributed by atoms with Crippen LogP contribution in [0.4, 0.5) is 5.69 Å². The predicted octanol–water partition coefficient (Wildman–Crippen LogP) is 5.49. The third-order valence-corrected chi connectivity index (χ3v) is 6.56. The molecule has 1 saturated heterocycles. The molecule has 0 N–H and O–H groups in total. The molecule has 0 bridgehead atoms. The molecule has 6 nitrogen and oxygen atoms in total. The Bertz CT molecular complexity index is 1180. The van der Waals surface area contributed by atoms with Gasteiger partial charge in [-0.15, -0.1) is 0 Å². The number of likely N-dealkylation sites (tertiary alicyclic amines) is 1. The number of nitrogens with zero attached hydrogens (tertiary/aromatic N) is 2. The first-order valence-corrected chi connectivity index (χ1v) is 11.9. The third-order valence-electron chi connectivity index (χ3n) is 6.31. The molecule has 0 radical (unpaired) electrons. The zero-order valence-corrected chi connectivity index (χ0v) is 19.9. The van der Waals surface area contributed by atoms with Gasteiger partial charge in [0.15, 0.2) is 18.2 Å². The van der Waals surface area contributed by atoms with E-state index < -0.39 is 0 Å². The second kappa shape index (κ2) is 9.95. The monoisotopic (exact) mass is 478 g/mol. The van der Waals surface area contributed by atoms with Crippen molar-refractivity contribution in [2.45, 2.75) is 12.8 Å². The van der Waals surface area contributed by atoms with Crippen molar-refractivity contribution in [2.75, 3.05) is 45.0 Å². The van der Waals surface area contributed by atoms with Gasteiger partial charge in [-0.1, -0.05) is 29.8 Å². The van der Waals surface area contributed by atoms with Crippen LogP contribution in [0.2, 0.25) is 5.02 Å². The molecule has 1 fully saturated rings. The Morgan fingerprint density at radius 1 is 0.941 bits per heavy atom. The van der Waals surface area contributed by atoms with Crippen LogP contribution < -0.4 is 19.1 Å². The Kier molecular flexibility index (Phi) is 6.61. The van der Waals surface area contributed by atoms with Gasteiger partial charge in [0.25, 0.3) is 5.91 Å². The van der Waals surface area contributed by atoms with Crippen LogP contribution in [0.3, 0.4) is 0 Å². The maximum Gasteiger partial charge on any atom is 0.264 e. The molecule has 0 aromatic heterocycles. The molecule has 0 spiro atoms. The van der Waals surface area contributed by atoms with E-state index in [0.29, 0.717) is 40.1 Å². The lowest BCUT2D eigenvalue weighted by molar-refractivity contribution is 0.0937. The van der Waals surface area contributed by atoms with Crippen molar-refractivity contribution in [1.29, 1.82) is 0 Å². The Labute approximate surface area is 204 Å². The smallest absolute Gasteiger partial charge is 0.264 e. The molecule has 2 aliphatic rings. The number of anilines is 1. The summed E-state index contributed by atoms with van der Waals surface area (Å²) in [5.41, 5.74) is 3.19. The van der Waals surface area contributed by atoms with Crippen LogP contribution in [0.15, 0.2) is 60.7 Å². The summed E-state index contributed by atoms with van der Waals surface area (Å²) in [6, 6.07) is 18.7. The molecule has 1 amide bonds. The molecule has 2 heterocycles. The van der Waals surface area contributed by atoms with Crippen molar-refractivity contribution < 1.29 is 19.0 Å². The Morgan fingerprint density at radius 3 is 2.47 bits per heavy atom. The van der Waals surface area contributed by atoms with E-state index in [1.54, 1.807) is 18.1 Å². The standard InChI is InChI=1S/C27H27ClN2O4/c1-32-26-17-22(9-11-24(26)33-15-14-29-12-2-3-13-29)30-18-34-25-16-20(6-10-23(25)27(30)31)19-4-7-21(28)8-5-19/h4-11,16-17H,2-3,12-15,18H2,1H3. The average Bonchev–Trinajstić information content (AvgIpc) is 3.38. The van der Waals surface area contributed by atoms with E-state index in [4.69, 9.17) is 25.8 Å². The average molecular weight is 479 g/mol. The normalized spacial score (nSPS) is 15.7. The number of hydrogen-bond donors (Lipinski definition) is 0. The van der Waals surface area contributed by atoms with Gasteiger partial charge >= 0.3 is 0 Å². The minimum absolute atomic E-state index is 0.117. The van der Waals surface area contributed by atoms with Crippen molar-refractivity contribution in [3.63, 3.8) is 0 Å². The number of halogens is 1. The van der Waals surface area contributed by atoms with Crippen LogP contribution in [-0.2, 0) is 0 Å². The van der Waals surface area contributed by atoms with Gasteiger partial charge in [-0.05, 0) is 73.5 Å². The highest BCUT2D eigenvalue weighted by Crippen LogP contribution is 2.36. The number of hydrogen-bond acceptors (Lipinski definition) is 5. The summed E-state index contributed by atoms with van der Waals surface area (Å²) in [6.45, 7) is 3.90. The number of carbonyl (C=O) groups excluding carboxylic acids is 1. The van der Waals surface area contributed by atoms with E-state index in [9.17, 15) is 4.79 Å². The van der Waals surface area contributed by atoms with Crippen molar-refractivity contribution in [3.8, 4) is 28.4 Å². The number of methoxy groups -OCH3 is 1. The number of ether oxygens (including phenoxy) is 3. The lowest BCUT2D eigenvalue weighted by Gasteiger charge is -2.29. The minimum Gasteiger partial charge on any atom is -0.493 e. The van der Waals surface area contributed by atoms with Crippen molar-refractivity contribution in [1.82, 2.24) is 4.90 Å². The molecular weight excluding hydrogens is 452 g/mol. The molecule has 0 aliphatic carbocycles. The fourth-order valence-corrected chi connectivity index (χ4v) is 4.53. The molecule has 0 unspecified atom stereocenters. The lowest BCUT2D eigenvalue weighted by Crippen LogP contribution is -2.38. The number of rotatable bonds is 7. The second-order valence-electron chi connectivity index (χ2n) is 8.46. The summed E-state index contributed by atoms with van der Waals surface area (Å²) in [4.78, 5) is 17.3. The maximum absolute atomic E-state index is 13.3. The Hall–Kier alpha value is -3.22. The van der Waals surface area contributed by atoms with Gasteiger partial charge in [-0.25, -0.2) is 0 Å². The molecule has 34 heavy (non-hydrogen) atoms. The van der Waals surface area contributed by atoms with Gasteiger partial charge in [0.1, 0.15) is 12.4 Å². The summed E-state index contributed by atoms with van der Waals surface area (Å²) >= 11 is 6.00. The molecule has 3 aromatic rings. The summed E-state index contributed by atoms with van der Waals surface area (Å²) in [7, 11) is 1.61. The zero-order valence-electron chi connectivity index (χ0n) is 19.1. The first-order valence-electron chi connectivity index (χ1n) is 11.5. The van der Waals surface area contributed by atoms with E-state index in [0.717, 1.165) is 30.8 Å². The first-order chi connectivity index (χ1) is 16.6. The van der Waals surface area contributed by atoms with Gasteiger partial charge in [0.2, 0.25) is 0 Å². The Morgan fingerprint density at radius 2 is 1.71 bits per heavy atom. The van der Waals surface area contributed by atoms with Gasteiger partial charge in [0.05, 0.1) is 18.4 Å². The fraction of sp³-hybridized carbons (Fsp3) is 0.296. The van der Waals surface area contributed by atoms with E-state index in [1.165, 1.54) is 12.8 Å². The summed E-state index contributed by atoms with van der Waals surface area (Å²) in [6.07, 6.45) is 2.52. The SMILES string of the molecule is COc1cc(N2COc3cc(-c4ccc(Cl)cc4)ccc3C2=O)ccc1OCCN1CCCC1. The number of fused-ring (bicyclic) bond motifs is 1. The van der Waals surface area contributed by atoms with Gasteiger partial charge in [0, 0.05) is 17.6 Å². The molecule has 176 valence electrons. The van der Waals surface area contributed by atoms with Crippen LogP contribution in [-0.4, -0.2) is 50.9 Å². The number of carbonyl (C=O) groups is 1. The zero-order chi connectivity index (χ0) is 23.5. The maximum atomic E-state index is 13.3. The van der Waals surface area contributed by atoms with Crippen LogP contribution in [0.5, 0.6) is 17.2 Å². The lowest BCUT2D eigenvalue weighted by atomic mass is 10.0. The molecule has 5 rings (SSSR count). The van der Waals surface area contributed by atoms with Crippen LogP contribution in [0.1, 0.15) is 23.2 Å². The van der Waals surface area contributed by atoms with Crippen molar-refractivity contribution >= 4 is 23.2 Å². The van der Waals surface area contributed by atoms with E-state index in [1.807, 2.05) is 54.6 Å².